The Hall–Kier alpha value is -2.17. The molecule has 3 nitrogen and oxygen atoms in total. The second-order valence-electron chi connectivity index (χ2n) is 6.46. The monoisotopic (exact) mass is 366 g/mol. The Morgan fingerprint density at radius 3 is 2.54 bits per heavy atom. The molecule has 1 unspecified atom stereocenters. The molecule has 2 aromatic carbocycles. The molecule has 0 bridgehead atoms. The Morgan fingerprint density at radius 1 is 1.08 bits per heavy atom. The third kappa shape index (κ3) is 4.51. The third-order valence-electron chi connectivity index (χ3n) is 4.85. The number of rotatable bonds is 8. The number of hydrogen-bond donors (Lipinski definition) is 1. The predicted molar refractivity (Wildman–Crippen MR) is 111 cm³/mol. The lowest BCUT2D eigenvalue weighted by molar-refractivity contribution is -0.120. The van der Waals surface area contributed by atoms with Crippen LogP contribution in [-0.2, 0) is 11.2 Å². The van der Waals surface area contributed by atoms with Gasteiger partial charge in [-0.2, -0.15) is 11.3 Å². The van der Waals surface area contributed by atoms with E-state index in [0.717, 1.165) is 18.7 Å². The summed E-state index contributed by atoms with van der Waals surface area (Å²) in [5, 5.41) is 9.80. The van der Waals surface area contributed by atoms with Gasteiger partial charge in [-0.1, -0.05) is 56.3 Å². The SMILES string of the molecule is CCN(CC)C(CNC(=O)Cc1ccc2ccccc2c1)c1ccsc1. The summed E-state index contributed by atoms with van der Waals surface area (Å²) in [6, 6.07) is 16.9. The number of likely N-dealkylation sites (N-methyl/N-ethyl adjacent to an activating group) is 1. The molecule has 1 amide bonds. The van der Waals surface area contributed by atoms with Crippen molar-refractivity contribution in [1.29, 1.82) is 0 Å². The van der Waals surface area contributed by atoms with Crippen molar-refractivity contribution in [3.63, 3.8) is 0 Å². The van der Waals surface area contributed by atoms with Crippen molar-refractivity contribution in [1.82, 2.24) is 10.2 Å². The van der Waals surface area contributed by atoms with Crippen molar-refractivity contribution in [3.8, 4) is 0 Å². The van der Waals surface area contributed by atoms with Crippen LogP contribution < -0.4 is 5.32 Å². The molecule has 136 valence electrons. The van der Waals surface area contributed by atoms with E-state index in [2.05, 4.69) is 65.2 Å². The van der Waals surface area contributed by atoms with E-state index in [9.17, 15) is 4.79 Å². The lowest BCUT2D eigenvalue weighted by atomic mass is 10.0. The number of nitrogens with one attached hydrogen (secondary N) is 1. The van der Waals surface area contributed by atoms with Crippen LogP contribution in [0.15, 0.2) is 59.3 Å². The standard InChI is InChI=1S/C22H26N2OS/c1-3-24(4-2)21(20-11-12-26-16-20)15-23-22(25)14-17-9-10-18-7-5-6-8-19(18)13-17/h5-13,16,21H,3-4,14-15H2,1-2H3,(H,23,25). The zero-order chi connectivity index (χ0) is 18.4. The van der Waals surface area contributed by atoms with Gasteiger partial charge in [-0.25, -0.2) is 0 Å². The van der Waals surface area contributed by atoms with Gasteiger partial charge in [0.05, 0.1) is 12.5 Å². The summed E-state index contributed by atoms with van der Waals surface area (Å²) >= 11 is 1.70. The zero-order valence-corrected chi connectivity index (χ0v) is 16.3. The summed E-state index contributed by atoms with van der Waals surface area (Å²) in [7, 11) is 0. The van der Waals surface area contributed by atoms with E-state index in [1.165, 1.54) is 16.3 Å². The number of benzene rings is 2. The highest BCUT2D eigenvalue weighted by atomic mass is 32.1. The maximum atomic E-state index is 12.5. The number of thiophene rings is 1. The Labute approximate surface area is 159 Å². The van der Waals surface area contributed by atoms with Gasteiger partial charge in [0.2, 0.25) is 5.91 Å². The quantitative estimate of drug-likeness (QED) is 0.630. The largest absolute Gasteiger partial charge is 0.354 e. The molecule has 0 saturated carbocycles. The van der Waals surface area contributed by atoms with Gasteiger partial charge in [0.1, 0.15) is 0 Å². The molecule has 0 aliphatic carbocycles. The smallest absolute Gasteiger partial charge is 0.224 e. The van der Waals surface area contributed by atoms with Gasteiger partial charge in [0, 0.05) is 6.54 Å². The molecule has 0 aliphatic heterocycles. The molecule has 3 rings (SSSR count). The van der Waals surface area contributed by atoms with E-state index in [1.54, 1.807) is 11.3 Å². The number of fused-ring (bicyclic) bond motifs is 1. The minimum Gasteiger partial charge on any atom is -0.354 e. The van der Waals surface area contributed by atoms with Gasteiger partial charge < -0.3 is 5.32 Å². The molecule has 4 heteroatoms. The number of hydrogen-bond acceptors (Lipinski definition) is 3. The van der Waals surface area contributed by atoms with E-state index in [4.69, 9.17) is 0 Å². The zero-order valence-electron chi connectivity index (χ0n) is 15.4. The fourth-order valence-electron chi connectivity index (χ4n) is 3.39. The van der Waals surface area contributed by atoms with Crippen molar-refractivity contribution in [2.24, 2.45) is 0 Å². The van der Waals surface area contributed by atoms with Crippen molar-refractivity contribution in [2.45, 2.75) is 26.3 Å². The molecule has 0 radical (unpaired) electrons. The van der Waals surface area contributed by atoms with Crippen molar-refractivity contribution in [3.05, 3.63) is 70.4 Å². The maximum Gasteiger partial charge on any atom is 0.224 e. The fraction of sp³-hybridized carbons (Fsp3) is 0.318. The van der Waals surface area contributed by atoms with E-state index < -0.39 is 0 Å². The molecule has 0 spiro atoms. The second-order valence-corrected chi connectivity index (χ2v) is 7.24. The van der Waals surface area contributed by atoms with E-state index in [1.807, 2.05) is 18.2 Å². The van der Waals surface area contributed by atoms with Crippen molar-refractivity contribution < 1.29 is 4.79 Å². The Kier molecular flexibility index (Phi) is 6.42. The molecular weight excluding hydrogens is 340 g/mol. The van der Waals surface area contributed by atoms with E-state index in [-0.39, 0.29) is 11.9 Å². The first-order chi connectivity index (χ1) is 12.7. The third-order valence-corrected chi connectivity index (χ3v) is 5.55. The number of carbonyl (C=O) groups is 1. The van der Waals surface area contributed by atoms with Gasteiger partial charge in [-0.3, -0.25) is 9.69 Å². The summed E-state index contributed by atoms with van der Waals surface area (Å²) in [4.78, 5) is 14.9. The van der Waals surface area contributed by atoms with Gasteiger partial charge in [0.15, 0.2) is 0 Å². The molecular formula is C22H26N2OS. The van der Waals surface area contributed by atoms with Crippen LogP contribution in [0.3, 0.4) is 0 Å². The summed E-state index contributed by atoms with van der Waals surface area (Å²) in [5.74, 6) is 0.0765. The Morgan fingerprint density at radius 2 is 1.85 bits per heavy atom. The van der Waals surface area contributed by atoms with Crippen LogP contribution in [0.2, 0.25) is 0 Å². The normalized spacial score (nSPS) is 12.4. The van der Waals surface area contributed by atoms with Crippen molar-refractivity contribution >= 4 is 28.0 Å². The molecule has 26 heavy (non-hydrogen) atoms. The van der Waals surface area contributed by atoms with E-state index >= 15 is 0 Å². The first-order valence-corrected chi connectivity index (χ1v) is 10.2. The topological polar surface area (TPSA) is 32.3 Å². The van der Waals surface area contributed by atoms with Crippen LogP contribution in [0.5, 0.6) is 0 Å². The van der Waals surface area contributed by atoms with Gasteiger partial charge in [0.25, 0.3) is 0 Å². The number of carbonyl (C=O) groups excluding carboxylic acids is 1. The van der Waals surface area contributed by atoms with Crippen LogP contribution in [0.1, 0.15) is 31.0 Å². The van der Waals surface area contributed by atoms with Gasteiger partial charge >= 0.3 is 0 Å². The van der Waals surface area contributed by atoms with Crippen LogP contribution in [0.25, 0.3) is 10.8 Å². The lowest BCUT2D eigenvalue weighted by Gasteiger charge is -2.29. The predicted octanol–water partition coefficient (Wildman–Crippen LogP) is 4.64. The minimum atomic E-state index is 0.0765. The molecule has 1 N–H and O–H groups in total. The second kappa shape index (κ2) is 8.97. The fourth-order valence-corrected chi connectivity index (χ4v) is 4.10. The average molecular weight is 367 g/mol. The highest BCUT2D eigenvalue weighted by molar-refractivity contribution is 7.07. The minimum absolute atomic E-state index is 0.0765. The van der Waals surface area contributed by atoms with Gasteiger partial charge in [-0.05, 0) is 51.8 Å². The highest BCUT2D eigenvalue weighted by Gasteiger charge is 2.19. The lowest BCUT2D eigenvalue weighted by Crippen LogP contribution is -2.38. The van der Waals surface area contributed by atoms with Crippen LogP contribution >= 0.6 is 11.3 Å². The average Bonchev–Trinajstić information content (AvgIpc) is 3.19. The maximum absolute atomic E-state index is 12.5. The summed E-state index contributed by atoms with van der Waals surface area (Å²) in [6.07, 6.45) is 0.416. The molecule has 1 atom stereocenters. The molecule has 0 fully saturated rings. The summed E-state index contributed by atoms with van der Waals surface area (Å²) in [5.41, 5.74) is 2.33. The summed E-state index contributed by atoms with van der Waals surface area (Å²) < 4.78 is 0. The molecule has 0 saturated heterocycles. The summed E-state index contributed by atoms with van der Waals surface area (Å²) in [6.45, 7) is 6.92. The number of amides is 1. The van der Waals surface area contributed by atoms with Crippen LogP contribution in [0, 0.1) is 0 Å². The van der Waals surface area contributed by atoms with E-state index in [0.29, 0.717) is 13.0 Å². The molecule has 3 aromatic rings. The molecule has 1 aromatic heterocycles. The first kappa shape index (κ1) is 18.6. The highest BCUT2D eigenvalue weighted by Crippen LogP contribution is 2.22. The Bertz CT molecular complexity index is 840. The Balaban J connectivity index is 1.64. The van der Waals surface area contributed by atoms with Crippen molar-refractivity contribution in [2.75, 3.05) is 19.6 Å². The van der Waals surface area contributed by atoms with Gasteiger partial charge in [-0.15, -0.1) is 0 Å². The number of nitrogens with zero attached hydrogens (tertiary/aromatic N) is 1. The molecule has 1 heterocycles. The van der Waals surface area contributed by atoms with Crippen LogP contribution in [0.4, 0.5) is 0 Å². The van der Waals surface area contributed by atoms with Crippen LogP contribution in [-0.4, -0.2) is 30.4 Å². The molecule has 0 aliphatic rings. The first-order valence-electron chi connectivity index (χ1n) is 9.21.